The van der Waals surface area contributed by atoms with Crippen LogP contribution in [0.1, 0.15) is 43.7 Å². The second-order valence-electron chi connectivity index (χ2n) is 5.84. The molecule has 0 bridgehead atoms. The summed E-state index contributed by atoms with van der Waals surface area (Å²) < 4.78 is 26.8. The minimum absolute atomic E-state index is 0.0659. The minimum Gasteiger partial charge on any atom is -0.313 e. The topological polar surface area (TPSA) is 58.2 Å². The molecule has 0 radical (unpaired) electrons. The molecule has 118 valence electrons. The predicted octanol–water partition coefficient (Wildman–Crippen LogP) is 2.41. The van der Waals surface area contributed by atoms with Crippen molar-refractivity contribution >= 4 is 10.0 Å². The van der Waals surface area contributed by atoms with Crippen molar-refractivity contribution in [3.05, 3.63) is 35.4 Å². The van der Waals surface area contributed by atoms with Crippen molar-refractivity contribution in [1.82, 2.24) is 10.0 Å². The molecule has 1 aliphatic rings. The van der Waals surface area contributed by atoms with Gasteiger partial charge < -0.3 is 5.32 Å². The molecule has 0 amide bonds. The molecular weight excluding hydrogens is 284 g/mol. The summed E-state index contributed by atoms with van der Waals surface area (Å²) in [7, 11) is -3.22. The summed E-state index contributed by atoms with van der Waals surface area (Å²) in [4.78, 5) is 0. The third-order valence-corrected chi connectivity index (χ3v) is 5.09. The number of sulfonamides is 1. The second kappa shape index (κ2) is 7.92. The van der Waals surface area contributed by atoms with Crippen LogP contribution in [0.25, 0.3) is 0 Å². The van der Waals surface area contributed by atoms with E-state index in [4.69, 9.17) is 0 Å². The van der Waals surface area contributed by atoms with E-state index in [0.29, 0.717) is 6.54 Å². The highest BCUT2D eigenvalue weighted by atomic mass is 32.2. The largest absolute Gasteiger partial charge is 0.313 e. The maximum atomic E-state index is 12.1. The molecule has 0 atom stereocenters. The maximum Gasteiger partial charge on any atom is 0.215 e. The van der Waals surface area contributed by atoms with Crippen molar-refractivity contribution in [2.75, 3.05) is 13.1 Å². The van der Waals surface area contributed by atoms with Crippen molar-refractivity contribution in [3.8, 4) is 0 Å². The predicted molar refractivity (Wildman–Crippen MR) is 86.4 cm³/mol. The van der Waals surface area contributed by atoms with Gasteiger partial charge >= 0.3 is 0 Å². The summed E-state index contributed by atoms with van der Waals surface area (Å²) >= 11 is 0. The Bertz CT molecular complexity index is 539. The third kappa shape index (κ3) is 6.59. The number of hydrogen-bond donors (Lipinski definition) is 2. The average Bonchev–Trinajstić information content (AvgIpc) is 3.25. The lowest BCUT2D eigenvalue weighted by Crippen LogP contribution is -2.26. The first kappa shape index (κ1) is 16.5. The Balaban J connectivity index is 1.80. The molecule has 1 aromatic carbocycles. The number of nitrogens with one attached hydrogen (secondary N) is 2. The number of benzene rings is 1. The molecule has 0 unspecified atom stereocenters. The van der Waals surface area contributed by atoms with Crippen LogP contribution >= 0.6 is 0 Å². The molecule has 0 aromatic heterocycles. The molecule has 4 nitrogen and oxygen atoms in total. The van der Waals surface area contributed by atoms with Crippen LogP contribution in [0.4, 0.5) is 0 Å². The quantitative estimate of drug-likeness (QED) is 0.653. The monoisotopic (exact) mass is 310 g/mol. The molecule has 5 heteroatoms. The average molecular weight is 310 g/mol. The van der Waals surface area contributed by atoms with Gasteiger partial charge in [0.25, 0.3) is 0 Å². The van der Waals surface area contributed by atoms with E-state index in [-0.39, 0.29) is 5.75 Å². The van der Waals surface area contributed by atoms with Crippen molar-refractivity contribution in [1.29, 1.82) is 0 Å². The summed E-state index contributed by atoms with van der Waals surface area (Å²) in [5.74, 6) is 0.924. The van der Waals surface area contributed by atoms with E-state index in [9.17, 15) is 8.42 Å². The van der Waals surface area contributed by atoms with Gasteiger partial charge in [0.2, 0.25) is 10.0 Å². The normalized spacial score (nSPS) is 15.3. The molecule has 1 fully saturated rings. The molecule has 0 heterocycles. The summed E-state index contributed by atoms with van der Waals surface area (Å²) in [6, 6.07) is 7.78. The molecule has 1 saturated carbocycles. The highest BCUT2D eigenvalue weighted by molar-refractivity contribution is 7.88. The fourth-order valence-corrected chi connectivity index (χ4v) is 3.57. The van der Waals surface area contributed by atoms with Gasteiger partial charge in [-0.15, -0.1) is 0 Å². The molecule has 0 aliphatic heterocycles. The van der Waals surface area contributed by atoms with Gasteiger partial charge in [-0.05, 0) is 36.4 Å². The Morgan fingerprint density at radius 3 is 2.71 bits per heavy atom. The Morgan fingerprint density at radius 1 is 1.24 bits per heavy atom. The maximum absolute atomic E-state index is 12.1. The van der Waals surface area contributed by atoms with E-state index in [1.165, 1.54) is 12.8 Å². The van der Waals surface area contributed by atoms with Crippen LogP contribution in [0, 0.1) is 5.92 Å². The molecule has 2 rings (SSSR count). The lowest BCUT2D eigenvalue weighted by Gasteiger charge is -2.08. The fourth-order valence-electron chi connectivity index (χ4n) is 2.39. The zero-order valence-corrected chi connectivity index (χ0v) is 13.6. The molecule has 1 aromatic rings. The molecule has 2 N–H and O–H groups in total. The first-order valence-electron chi connectivity index (χ1n) is 7.85. The van der Waals surface area contributed by atoms with Gasteiger partial charge in [0, 0.05) is 13.1 Å². The van der Waals surface area contributed by atoms with Gasteiger partial charge in [0.15, 0.2) is 0 Å². The molecule has 0 spiro atoms. The van der Waals surface area contributed by atoms with Crippen LogP contribution in [-0.4, -0.2) is 21.5 Å². The molecule has 0 saturated heterocycles. The first-order valence-corrected chi connectivity index (χ1v) is 9.50. The third-order valence-electron chi connectivity index (χ3n) is 3.74. The van der Waals surface area contributed by atoms with Gasteiger partial charge in [-0.3, -0.25) is 0 Å². The summed E-state index contributed by atoms with van der Waals surface area (Å²) in [5.41, 5.74) is 1.97. The van der Waals surface area contributed by atoms with Crippen molar-refractivity contribution in [2.24, 2.45) is 5.92 Å². The standard InChI is InChI=1S/C16H26N2O2S/c1-2-17-12-15-5-3-6-16(11-15)13-21(19,20)18-10-4-7-14-8-9-14/h3,5-6,11,14,17-18H,2,4,7-10,12-13H2,1H3. The first-order chi connectivity index (χ1) is 10.1. The summed E-state index contributed by atoms with van der Waals surface area (Å²) in [6.45, 7) is 4.31. The SMILES string of the molecule is CCNCc1cccc(CS(=O)(=O)NCCCC2CC2)c1. The van der Waals surface area contributed by atoms with Crippen LogP contribution in [-0.2, 0) is 22.3 Å². The van der Waals surface area contributed by atoms with Crippen LogP contribution in [0.2, 0.25) is 0 Å². The van der Waals surface area contributed by atoms with Crippen LogP contribution in [0.15, 0.2) is 24.3 Å². The van der Waals surface area contributed by atoms with E-state index in [2.05, 4.69) is 17.0 Å². The number of rotatable bonds is 10. The van der Waals surface area contributed by atoms with E-state index in [0.717, 1.165) is 43.0 Å². The number of hydrogen-bond acceptors (Lipinski definition) is 3. The van der Waals surface area contributed by atoms with Crippen molar-refractivity contribution in [2.45, 2.75) is 44.9 Å². The van der Waals surface area contributed by atoms with Crippen LogP contribution in [0.3, 0.4) is 0 Å². The van der Waals surface area contributed by atoms with E-state index < -0.39 is 10.0 Å². The zero-order valence-electron chi connectivity index (χ0n) is 12.8. The van der Waals surface area contributed by atoms with Gasteiger partial charge in [0.05, 0.1) is 5.75 Å². The minimum atomic E-state index is -3.22. The van der Waals surface area contributed by atoms with E-state index in [1.54, 1.807) is 0 Å². The Kier molecular flexibility index (Phi) is 6.21. The van der Waals surface area contributed by atoms with Crippen LogP contribution < -0.4 is 10.0 Å². The smallest absolute Gasteiger partial charge is 0.215 e. The highest BCUT2D eigenvalue weighted by Gasteiger charge is 2.20. The van der Waals surface area contributed by atoms with E-state index in [1.807, 2.05) is 24.3 Å². The molecule has 21 heavy (non-hydrogen) atoms. The van der Waals surface area contributed by atoms with Crippen molar-refractivity contribution < 1.29 is 8.42 Å². The Morgan fingerprint density at radius 2 is 2.00 bits per heavy atom. The van der Waals surface area contributed by atoms with Gasteiger partial charge in [-0.1, -0.05) is 44.0 Å². The van der Waals surface area contributed by atoms with Gasteiger partial charge in [-0.2, -0.15) is 0 Å². The second-order valence-corrected chi connectivity index (χ2v) is 7.65. The Labute approximate surface area is 128 Å². The highest BCUT2D eigenvalue weighted by Crippen LogP contribution is 2.33. The lowest BCUT2D eigenvalue weighted by molar-refractivity contribution is 0.571. The van der Waals surface area contributed by atoms with E-state index >= 15 is 0 Å². The molecular formula is C16H26N2O2S. The van der Waals surface area contributed by atoms with Crippen LogP contribution in [0.5, 0.6) is 0 Å². The molecule has 1 aliphatic carbocycles. The lowest BCUT2D eigenvalue weighted by atomic mass is 10.1. The Hall–Kier alpha value is -0.910. The summed E-state index contributed by atoms with van der Waals surface area (Å²) in [5, 5.41) is 3.25. The van der Waals surface area contributed by atoms with Gasteiger partial charge in [-0.25, -0.2) is 13.1 Å². The van der Waals surface area contributed by atoms with Crippen molar-refractivity contribution in [3.63, 3.8) is 0 Å². The fraction of sp³-hybridized carbons (Fsp3) is 0.625. The summed E-state index contributed by atoms with van der Waals surface area (Å²) in [6.07, 6.45) is 4.75. The zero-order chi connectivity index (χ0) is 15.1. The van der Waals surface area contributed by atoms with Gasteiger partial charge in [0.1, 0.15) is 0 Å².